The maximum atomic E-state index is 4.47. The van der Waals surface area contributed by atoms with Crippen molar-refractivity contribution < 1.29 is 0 Å². The number of hydrogen-bond acceptors (Lipinski definition) is 1. The molecule has 0 radical (unpaired) electrons. The van der Waals surface area contributed by atoms with Gasteiger partial charge in [-0.2, -0.15) is 0 Å². The van der Waals surface area contributed by atoms with Crippen LogP contribution in [0.2, 0.25) is 0 Å². The maximum absolute atomic E-state index is 4.47. The predicted molar refractivity (Wildman–Crippen MR) is 62.6 cm³/mol. The van der Waals surface area contributed by atoms with E-state index in [2.05, 4.69) is 30.4 Å². The molecular formula is C14H15N. The number of aromatic nitrogens is 1. The van der Waals surface area contributed by atoms with Gasteiger partial charge >= 0.3 is 0 Å². The Hall–Kier alpha value is -1.37. The van der Waals surface area contributed by atoms with E-state index in [-0.39, 0.29) is 0 Å². The molecule has 0 spiro atoms. The van der Waals surface area contributed by atoms with Crippen LogP contribution in [0, 0.1) is 5.92 Å². The molecule has 76 valence electrons. The van der Waals surface area contributed by atoms with Crippen molar-refractivity contribution in [1.29, 1.82) is 0 Å². The molecular weight excluding hydrogens is 182 g/mol. The summed E-state index contributed by atoms with van der Waals surface area (Å²) in [5, 5.41) is 0. The summed E-state index contributed by atoms with van der Waals surface area (Å²) >= 11 is 0. The third-order valence-electron chi connectivity index (χ3n) is 3.78. The molecule has 0 saturated heterocycles. The minimum absolute atomic E-state index is 0.803. The van der Waals surface area contributed by atoms with Gasteiger partial charge in [-0.15, -0.1) is 0 Å². The molecule has 2 bridgehead atoms. The van der Waals surface area contributed by atoms with E-state index in [0.29, 0.717) is 0 Å². The van der Waals surface area contributed by atoms with Gasteiger partial charge in [-0.1, -0.05) is 19.2 Å². The van der Waals surface area contributed by atoms with Crippen molar-refractivity contribution in [3.8, 4) is 0 Å². The zero-order chi connectivity index (χ0) is 10.4. The molecule has 1 heteroatoms. The molecule has 0 atom stereocenters. The molecule has 1 heterocycles. The van der Waals surface area contributed by atoms with Crippen LogP contribution in [0.1, 0.15) is 35.6 Å². The van der Waals surface area contributed by atoms with Crippen LogP contribution in [0.4, 0.5) is 0 Å². The van der Waals surface area contributed by atoms with Gasteiger partial charge in [-0.25, -0.2) is 0 Å². The lowest BCUT2D eigenvalue weighted by Crippen LogP contribution is -2.30. The molecule has 0 amide bonds. The highest BCUT2D eigenvalue weighted by Crippen LogP contribution is 2.49. The molecule has 1 aromatic heterocycles. The van der Waals surface area contributed by atoms with Crippen molar-refractivity contribution in [3.63, 3.8) is 0 Å². The summed E-state index contributed by atoms with van der Waals surface area (Å²) < 4.78 is 0. The predicted octanol–water partition coefficient (Wildman–Crippen LogP) is 3.33. The first-order valence-corrected chi connectivity index (χ1v) is 5.58. The van der Waals surface area contributed by atoms with E-state index in [1.807, 2.05) is 0 Å². The molecule has 1 aromatic rings. The fourth-order valence-electron chi connectivity index (χ4n) is 2.80. The van der Waals surface area contributed by atoms with Crippen LogP contribution in [0.3, 0.4) is 0 Å². The quantitative estimate of drug-likeness (QED) is 0.663. The van der Waals surface area contributed by atoms with Crippen molar-refractivity contribution in [3.05, 3.63) is 48.3 Å². The molecule has 4 rings (SSSR count). The van der Waals surface area contributed by atoms with Crippen molar-refractivity contribution in [2.75, 3.05) is 0 Å². The van der Waals surface area contributed by atoms with Crippen LogP contribution in [0.5, 0.6) is 0 Å². The Labute approximate surface area is 90.5 Å². The Morgan fingerprint density at radius 2 is 2.27 bits per heavy atom. The Bertz CT molecular complexity index is 439. The molecule has 0 aliphatic heterocycles. The standard InChI is InChI=1S/C14H15N/c1-3-9(2)14-7-12-6-10-4-11(5-10)13(12)8-15-14/h3,7-8,10-11H,1-2,4-6H2. The van der Waals surface area contributed by atoms with Gasteiger partial charge in [-0.05, 0) is 53.9 Å². The maximum Gasteiger partial charge on any atom is 0.0698 e. The first-order valence-electron chi connectivity index (χ1n) is 5.58. The van der Waals surface area contributed by atoms with Gasteiger partial charge in [0.2, 0.25) is 0 Å². The Morgan fingerprint density at radius 3 is 3.00 bits per heavy atom. The van der Waals surface area contributed by atoms with Gasteiger partial charge in [0.15, 0.2) is 0 Å². The van der Waals surface area contributed by atoms with Crippen molar-refractivity contribution in [2.45, 2.75) is 25.2 Å². The smallest absolute Gasteiger partial charge is 0.0698 e. The number of pyridine rings is 1. The van der Waals surface area contributed by atoms with Crippen molar-refractivity contribution >= 4 is 5.57 Å². The van der Waals surface area contributed by atoms with E-state index in [4.69, 9.17) is 0 Å². The minimum atomic E-state index is 0.803. The molecule has 1 fully saturated rings. The summed E-state index contributed by atoms with van der Waals surface area (Å²) in [7, 11) is 0. The van der Waals surface area contributed by atoms with Crippen LogP contribution in [0.15, 0.2) is 31.5 Å². The van der Waals surface area contributed by atoms with Crippen molar-refractivity contribution in [1.82, 2.24) is 4.98 Å². The Morgan fingerprint density at radius 1 is 1.47 bits per heavy atom. The number of hydrogen-bond donors (Lipinski definition) is 0. The van der Waals surface area contributed by atoms with E-state index in [1.54, 1.807) is 6.08 Å². The molecule has 1 saturated carbocycles. The number of allylic oxidation sites excluding steroid dienone is 2. The Balaban J connectivity index is 2.03. The highest BCUT2D eigenvalue weighted by atomic mass is 14.7. The van der Waals surface area contributed by atoms with Gasteiger partial charge in [0.1, 0.15) is 0 Å². The highest BCUT2D eigenvalue weighted by Gasteiger charge is 2.37. The van der Waals surface area contributed by atoms with Crippen LogP contribution < -0.4 is 0 Å². The molecule has 1 nitrogen and oxygen atoms in total. The average molecular weight is 197 g/mol. The molecule has 15 heavy (non-hydrogen) atoms. The fourth-order valence-corrected chi connectivity index (χ4v) is 2.80. The van der Waals surface area contributed by atoms with Crippen LogP contribution in [-0.2, 0) is 6.42 Å². The molecule has 0 N–H and O–H groups in total. The number of nitrogens with zero attached hydrogens (tertiary/aromatic N) is 1. The third-order valence-corrected chi connectivity index (χ3v) is 3.78. The van der Waals surface area contributed by atoms with E-state index < -0.39 is 0 Å². The van der Waals surface area contributed by atoms with Gasteiger partial charge in [-0.3, -0.25) is 4.98 Å². The largest absolute Gasteiger partial charge is 0.256 e. The van der Waals surface area contributed by atoms with Crippen LogP contribution >= 0.6 is 0 Å². The van der Waals surface area contributed by atoms with Crippen molar-refractivity contribution in [2.24, 2.45) is 5.92 Å². The number of rotatable bonds is 2. The average Bonchev–Trinajstić information content (AvgIpc) is 2.25. The summed E-state index contributed by atoms with van der Waals surface area (Å²) in [6.45, 7) is 7.68. The second-order valence-electron chi connectivity index (χ2n) is 4.74. The van der Waals surface area contributed by atoms with E-state index in [9.17, 15) is 0 Å². The first kappa shape index (κ1) is 8.90. The van der Waals surface area contributed by atoms with Gasteiger partial charge in [0, 0.05) is 6.20 Å². The van der Waals surface area contributed by atoms with E-state index in [1.165, 1.54) is 30.4 Å². The third kappa shape index (κ3) is 1.26. The van der Waals surface area contributed by atoms with E-state index in [0.717, 1.165) is 23.1 Å². The fraction of sp³-hybridized carbons (Fsp3) is 0.357. The van der Waals surface area contributed by atoms with Crippen LogP contribution in [0.25, 0.3) is 5.57 Å². The van der Waals surface area contributed by atoms with Gasteiger partial charge in [0.25, 0.3) is 0 Å². The van der Waals surface area contributed by atoms with Gasteiger partial charge < -0.3 is 0 Å². The normalized spacial score (nSPS) is 26.4. The lowest BCUT2D eigenvalue weighted by atomic mass is 9.63. The Kier molecular flexibility index (Phi) is 1.82. The molecule has 0 aromatic carbocycles. The highest BCUT2D eigenvalue weighted by molar-refractivity contribution is 5.69. The zero-order valence-corrected chi connectivity index (χ0v) is 8.87. The van der Waals surface area contributed by atoms with Gasteiger partial charge in [0.05, 0.1) is 5.69 Å². The molecule has 0 unspecified atom stereocenters. The first-order chi connectivity index (χ1) is 7.28. The second kappa shape index (κ2) is 3.06. The second-order valence-corrected chi connectivity index (χ2v) is 4.74. The summed E-state index contributed by atoms with van der Waals surface area (Å²) in [6.07, 6.45) is 7.84. The topological polar surface area (TPSA) is 12.9 Å². The lowest BCUT2D eigenvalue weighted by Gasteiger charge is -2.42. The summed E-state index contributed by atoms with van der Waals surface area (Å²) in [5.41, 5.74) is 4.90. The van der Waals surface area contributed by atoms with E-state index >= 15 is 0 Å². The monoisotopic (exact) mass is 197 g/mol. The zero-order valence-electron chi connectivity index (χ0n) is 8.87. The van der Waals surface area contributed by atoms with Crippen LogP contribution in [-0.4, -0.2) is 4.98 Å². The lowest BCUT2D eigenvalue weighted by molar-refractivity contribution is 0.237. The molecule has 3 aliphatic rings. The summed E-state index contributed by atoms with van der Waals surface area (Å²) in [6, 6.07) is 2.21. The SMILES string of the molecule is C=CC(=C)c1cc2c(cn1)C1CC(C2)C1. The molecule has 3 aliphatic carbocycles. The minimum Gasteiger partial charge on any atom is -0.256 e. The summed E-state index contributed by atoms with van der Waals surface area (Å²) in [5.74, 6) is 1.74. The summed E-state index contributed by atoms with van der Waals surface area (Å²) in [4.78, 5) is 4.47.